The molecule has 0 radical (unpaired) electrons. The third kappa shape index (κ3) is 4.89. The Hall–Kier alpha value is -2.70. The molecule has 1 heterocycles. The summed E-state index contributed by atoms with van der Waals surface area (Å²) in [6.45, 7) is 2.94. The Bertz CT molecular complexity index is 1080. The van der Waals surface area contributed by atoms with Crippen LogP contribution >= 0.6 is 11.6 Å². The Labute approximate surface area is 181 Å². The van der Waals surface area contributed by atoms with E-state index in [9.17, 15) is 9.59 Å². The predicted octanol–water partition coefficient (Wildman–Crippen LogP) is 3.76. The minimum Gasteiger partial charge on any atom is -0.385 e. The highest BCUT2D eigenvalue weighted by Crippen LogP contribution is 2.22. The Morgan fingerprint density at radius 3 is 2.67 bits per heavy atom. The molecule has 0 spiro atoms. The van der Waals surface area contributed by atoms with Crippen molar-refractivity contribution in [2.75, 3.05) is 20.3 Å². The van der Waals surface area contributed by atoms with Gasteiger partial charge in [-0.15, -0.1) is 0 Å². The summed E-state index contributed by atoms with van der Waals surface area (Å²) >= 11 is 6.10. The number of carbonyl (C=O) groups excluding carboxylic acids is 1. The molecule has 0 aliphatic heterocycles. The fourth-order valence-corrected chi connectivity index (χ4v) is 3.73. The van der Waals surface area contributed by atoms with Gasteiger partial charge in [-0.25, -0.2) is 4.98 Å². The van der Waals surface area contributed by atoms with Crippen LogP contribution in [0.1, 0.15) is 30.8 Å². The molecule has 0 aliphatic carbocycles. The first kappa shape index (κ1) is 22.0. The Morgan fingerprint density at radius 2 is 1.97 bits per heavy atom. The van der Waals surface area contributed by atoms with Crippen molar-refractivity contribution in [3.05, 3.63) is 75.3 Å². The van der Waals surface area contributed by atoms with Crippen molar-refractivity contribution in [3.8, 4) is 0 Å². The van der Waals surface area contributed by atoms with Gasteiger partial charge in [-0.1, -0.05) is 41.9 Å². The van der Waals surface area contributed by atoms with Gasteiger partial charge >= 0.3 is 0 Å². The molecule has 3 aromatic rings. The zero-order chi connectivity index (χ0) is 21.7. The van der Waals surface area contributed by atoms with Gasteiger partial charge in [-0.3, -0.25) is 14.2 Å². The summed E-state index contributed by atoms with van der Waals surface area (Å²) in [4.78, 5) is 32.5. The van der Waals surface area contributed by atoms with Gasteiger partial charge in [0, 0.05) is 32.3 Å². The van der Waals surface area contributed by atoms with Crippen LogP contribution in [0.15, 0.2) is 53.3 Å². The fourth-order valence-electron chi connectivity index (χ4n) is 3.56. The molecule has 0 fully saturated rings. The number of carbonyl (C=O) groups is 1. The lowest BCUT2D eigenvalue weighted by Crippen LogP contribution is -2.39. The normalized spacial score (nSPS) is 12.1. The number of methoxy groups -OCH3 is 1. The van der Waals surface area contributed by atoms with Gasteiger partial charge < -0.3 is 9.64 Å². The van der Waals surface area contributed by atoms with Crippen LogP contribution < -0.4 is 5.56 Å². The van der Waals surface area contributed by atoms with Crippen molar-refractivity contribution in [2.24, 2.45) is 7.05 Å². The van der Waals surface area contributed by atoms with Crippen molar-refractivity contribution in [1.29, 1.82) is 0 Å². The van der Waals surface area contributed by atoms with Crippen LogP contribution in [0.4, 0.5) is 0 Å². The minimum absolute atomic E-state index is 0.0229. The number of rotatable bonds is 8. The third-order valence-corrected chi connectivity index (χ3v) is 5.42. The number of halogens is 1. The number of aromatic nitrogens is 2. The molecular weight excluding hydrogens is 402 g/mol. The molecule has 1 atom stereocenters. The molecule has 1 unspecified atom stereocenters. The predicted molar refractivity (Wildman–Crippen MR) is 119 cm³/mol. The van der Waals surface area contributed by atoms with E-state index in [4.69, 9.17) is 16.3 Å². The fraction of sp³-hybridized carbons (Fsp3) is 0.348. The average molecular weight is 428 g/mol. The number of hydrogen-bond acceptors (Lipinski definition) is 4. The minimum atomic E-state index is -0.390. The van der Waals surface area contributed by atoms with Crippen molar-refractivity contribution in [1.82, 2.24) is 14.5 Å². The summed E-state index contributed by atoms with van der Waals surface area (Å²) in [5.74, 6) is 0.499. The van der Waals surface area contributed by atoms with Crippen molar-refractivity contribution < 1.29 is 9.53 Å². The second-order valence-corrected chi connectivity index (χ2v) is 7.70. The van der Waals surface area contributed by atoms with Gasteiger partial charge in [0.1, 0.15) is 5.82 Å². The van der Waals surface area contributed by atoms with Gasteiger partial charge in [-0.05, 0) is 37.1 Å². The van der Waals surface area contributed by atoms with Crippen LogP contribution in [0.5, 0.6) is 0 Å². The smallest absolute Gasteiger partial charge is 0.261 e. The van der Waals surface area contributed by atoms with Crippen molar-refractivity contribution in [3.63, 3.8) is 0 Å². The van der Waals surface area contributed by atoms with Crippen molar-refractivity contribution >= 4 is 28.4 Å². The summed E-state index contributed by atoms with van der Waals surface area (Å²) in [7, 11) is 3.32. The molecule has 0 bridgehead atoms. The highest BCUT2D eigenvalue weighted by atomic mass is 35.5. The van der Waals surface area contributed by atoms with E-state index in [0.717, 1.165) is 5.56 Å². The zero-order valence-electron chi connectivity index (χ0n) is 17.5. The number of benzene rings is 2. The van der Waals surface area contributed by atoms with Gasteiger partial charge in [0.25, 0.3) is 5.56 Å². The van der Waals surface area contributed by atoms with E-state index in [0.29, 0.717) is 41.3 Å². The molecule has 6 nitrogen and oxygen atoms in total. The van der Waals surface area contributed by atoms with E-state index in [1.807, 2.05) is 37.3 Å². The standard InChI is InChI=1S/C23H26ClN3O3/c1-16(22-25-20-15-18(24)10-11-19(20)23(29)26(22)2)27(12-7-13-30-3)21(28)14-17-8-5-4-6-9-17/h4-6,8-11,15-16H,7,12-14H2,1-3H3. The molecule has 158 valence electrons. The van der Waals surface area contributed by atoms with Gasteiger partial charge in [-0.2, -0.15) is 0 Å². The molecule has 30 heavy (non-hydrogen) atoms. The number of ether oxygens (including phenoxy) is 1. The molecule has 7 heteroatoms. The monoisotopic (exact) mass is 427 g/mol. The number of fused-ring (bicyclic) bond motifs is 1. The van der Waals surface area contributed by atoms with E-state index < -0.39 is 0 Å². The molecule has 0 N–H and O–H groups in total. The van der Waals surface area contributed by atoms with Crippen LogP contribution in [0.3, 0.4) is 0 Å². The highest BCUT2D eigenvalue weighted by Gasteiger charge is 2.25. The van der Waals surface area contributed by atoms with E-state index in [1.54, 1.807) is 37.3 Å². The lowest BCUT2D eigenvalue weighted by atomic mass is 10.1. The maximum Gasteiger partial charge on any atom is 0.261 e. The lowest BCUT2D eigenvalue weighted by molar-refractivity contribution is -0.133. The lowest BCUT2D eigenvalue weighted by Gasteiger charge is -2.30. The van der Waals surface area contributed by atoms with E-state index in [-0.39, 0.29) is 23.9 Å². The zero-order valence-corrected chi connectivity index (χ0v) is 18.2. The summed E-state index contributed by atoms with van der Waals surface area (Å²) in [6, 6.07) is 14.3. The molecule has 1 amide bonds. The van der Waals surface area contributed by atoms with E-state index in [1.165, 1.54) is 4.57 Å². The summed E-state index contributed by atoms with van der Waals surface area (Å²) in [5, 5.41) is 1.01. The number of nitrogens with zero attached hydrogens (tertiary/aromatic N) is 3. The quantitative estimate of drug-likeness (QED) is 0.513. The molecule has 0 saturated carbocycles. The van der Waals surface area contributed by atoms with Crippen LogP contribution in [-0.4, -0.2) is 40.6 Å². The van der Waals surface area contributed by atoms with Gasteiger partial charge in [0.05, 0.1) is 23.4 Å². The van der Waals surface area contributed by atoms with Crippen LogP contribution in [0.2, 0.25) is 5.02 Å². The second-order valence-electron chi connectivity index (χ2n) is 7.27. The summed E-state index contributed by atoms with van der Waals surface area (Å²) in [6.07, 6.45) is 0.972. The average Bonchev–Trinajstić information content (AvgIpc) is 2.74. The van der Waals surface area contributed by atoms with Crippen LogP contribution in [0, 0.1) is 0 Å². The van der Waals surface area contributed by atoms with E-state index in [2.05, 4.69) is 4.98 Å². The number of hydrogen-bond donors (Lipinski definition) is 0. The maximum atomic E-state index is 13.2. The largest absolute Gasteiger partial charge is 0.385 e. The first-order chi connectivity index (χ1) is 14.4. The summed E-state index contributed by atoms with van der Waals surface area (Å²) < 4.78 is 6.68. The SMILES string of the molecule is COCCCN(C(=O)Cc1ccccc1)C(C)c1nc2cc(Cl)ccc2c(=O)n1C. The molecule has 2 aromatic carbocycles. The van der Waals surface area contributed by atoms with Crippen LogP contribution in [-0.2, 0) is 23.0 Å². The molecule has 3 rings (SSSR count). The number of amides is 1. The maximum absolute atomic E-state index is 13.2. The Morgan fingerprint density at radius 1 is 1.23 bits per heavy atom. The molecule has 0 saturated heterocycles. The third-order valence-electron chi connectivity index (χ3n) is 5.18. The molecule has 1 aromatic heterocycles. The highest BCUT2D eigenvalue weighted by molar-refractivity contribution is 6.31. The topological polar surface area (TPSA) is 64.4 Å². The second kappa shape index (κ2) is 9.87. The van der Waals surface area contributed by atoms with Gasteiger partial charge in [0.15, 0.2) is 0 Å². The van der Waals surface area contributed by atoms with Gasteiger partial charge in [0.2, 0.25) is 5.91 Å². The van der Waals surface area contributed by atoms with E-state index >= 15 is 0 Å². The summed E-state index contributed by atoms with van der Waals surface area (Å²) in [5.41, 5.74) is 1.31. The Kier molecular flexibility index (Phi) is 7.24. The molecule has 0 aliphatic rings. The van der Waals surface area contributed by atoms with Crippen LogP contribution in [0.25, 0.3) is 10.9 Å². The first-order valence-corrected chi connectivity index (χ1v) is 10.3. The Balaban J connectivity index is 1.97. The molecular formula is C23H26ClN3O3. The first-order valence-electron chi connectivity index (χ1n) is 9.91. The van der Waals surface area contributed by atoms with Crippen molar-refractivity contribution in [2.45, 2.75) is 25.8 Å².